The van der Waals surface area contributed by atoms with E-state index in [0.29, 0.717) is 13.0 Å². The SMILES string of the molecule is CCCN(CCO)C(=O)c1cccc([N+](=O)[O-])c1NN. The van der Waals surface area contributed by atoms with Crippen molar-refractivity contribution in [3.8, 4) is 0 Å². The number of amides is 1. The maximum absolute atomic E-state index is 12.4. The first-order valence-corrected chi connectivity index (χ1v) is 6.20. The number of hydrogen-bond acceptors (Lipinski definition) is 6. The molecule has 0 heterocycles. The van der Waals surface area contributed by atoms with Crippen LogP contribution in [0.5, 0.6) is 0 Å². The number of aliphatic hydroxyl groups excluding tert-OH is 1. The molecule has 0 aliphatic carbocycles. The van der Waals surface area contributed by atoms with Gasteiger partial charge in [0.1, 0.15) is 5.69 Å². The van der Waals surface area contributed by atoms with E-state index in [1.54, 1.807) is 0 Å². The molecule has 0 unspecified atom stereocenters. The molecule has 8 heteroatoms. The molecule has 110 valence electrons. The zero-order chi connectivity index (χ0) is 15.1. The molecule has 0 aliphatic rings. The van der Waals surface area contributed by atoms with Crippen molar-refractivity contribution in [1.29, 1.82) is 0 Å². The standard InChI is InChI=1S/C12H18N4O4/c1-2-6-15(7-8-17)12(18)9-4-3-5-10(16(19)20)11(9)14-13/h3-5,14,17H,2,6-8,13H2,1H3. The fourth-order valence-corrected chi connectivity index (χ4v) is 1.90. The summed E-state index contributed by atoms with van der Waals surface area (Å²) in [7, 11) is 0. The summed E-state index contributed by atoms with van der Waals surface area (Å²) in [5, 5.41) is 19.9. The number of nitrogens with two attached hydrogens (primary N) is 1. The Morgan fingerprint density at radius 2 is 2.20 bits per heavy atom. The average Bonchev–Trinajstić information content (AvgIpc) is 2.45. The Kier molecular flexibility index (Phi) is 5.88. The van der Waals surface area contributed by atoms with E-state index in [9.17, 15) is 14.9 Å². The Labute approximate surface area is 116 Å². The predicted octanol–water partition coefficient (Wildman–Crippen LogP) is 0.725. The first-order valence-electron chi connectivity index (χ1n) is 6.20. The summed E-state index contributed by atoms with van der Waals surface area (Å²) in [6.45, 7) is 2.34. The number of rotatable bonds is 7. The lowest BCUT2D eigenvalue weighted by Crippen LogP contribution is -2.35. The van der Waals surface area contributed by atoms with Gasteiger partial charge in [-0.25, -0.2) is 0 Å². The van der Waals surface area contributed by atoms with E-state index < -0.39 is 10.8 Å². The Hall–Kier alpha value is -2.19. The Balaban J connectivity index is 3.20. The van der Waals surface area contributed by atoms with Gasteiger partial charge in [0.15, 0.2) is 0 Å². The van der Waals surface area contributed by atoms with E-state index in [-0.39, 0.29) is 30.1 Å². The summed E-state index contributed by atoms with van der Waals surface area (Å²) in [6.07, 6.45) is 0.714. The van der Waals surface area contributed by atoms with Crippen LogP contribution in [-0.2, 0) is 0 Å². The molecule has 0 atom stereocenters. The van der Waals surface area contributed by atoms with Gasteiger partial charge in [-0.2, -0.15) is 0 Å². The van der Waals surface area contributed by atoms with Crippen molar-refractivity contribution in [2.45, 2.75) is 13.3 Å². The number of hydrogen-bond donors (Lipinski definition) is 3. The smallest absolute Gasteiger partial charge is 0.294 e. The van der Waals surface area contributed by atoms with Crippen LogP contribution < -0.4 is 11.3 Å². The zero-order valence-electron chi connectivity index (χ0n) is 11.2. The van der Waals surface area contributed by atoms with E-state index in [0.717, 1.165) is 0 Å². The fraction of sp³-hybridized carbons (Fsp3) is 0.417. The molecule has 0 saturated heterocycles. The quantitative estimate of drug-likeness (QED) is 0.385. The summed E-state index contributed by atoms with van der Waals surface area (Å²) >= 11 is 0. The number of carbonyl (C=O) groups is 1. The number of nitrogen functional groups attached to an aromatic ring is 1. The third-order valence-electron chi connectivity index (χ3n) is 2.76. The third kappa shape index (κ3) is 3.43. The fourth-order valence-electron chi connectivity index (χ4n) is 1.90. The first-order chi connectivity index (χ1) is 9.56. The second-order valence-electron chi connectivity index (χ2n) is 4.12. The first kappa shape index (κ1) is 15.9. The molecule has 0 aliphatic heterocycles. The van der Waals surface area contributed by atoms with Crippen LogP contribution in [0, 0.1) is 10.1 Å². The van der Waals surface area contributed by atoms with Crippen LogP contribution in [0.25, 0.3) is 0 Å². The maximum Gasteiger partial charge on any atom is 0.294 e. The Bertz CT molecular complexity index is 486. The molecule has 0 saturated carbocycles. The van der Waals surface area contributed by atoms with Gasteiger partial charge >= 0.3 is 0 Å². The van der Waals surface area contributed by atoms with Crippen LogP contribution in [0.4, 0.5) is 11.4 Å². The van der Waals surface area contributed by atoms with Gasteiger partial charge in [0, 0.05) is 19.2 Å². The van der Waals surface area contributed by atoms with Crippen LogP contribution in [-0.4, -0.2) is 40.5 Å². The topological polar surface area (TPSA) is 122 Å². The number of para-hydroxylation sites is 1. The highest BCUT2D eigenvalue weighted by molar-refractivity contribution is 6.01. The van der Waals surface area contributed by atoms with E-state index in [4.69, 9.17) is 10.9 Å². The number of hydrazine groups is 1. The predicted molar refractivity (Wildman–Crippen MR) is 74.2 cm³/mol. The van der Waals surface area contributed by atoms with Crippen molar-refractivity contribution < 1.29 is 14.8 Å². The van der Waals surface area contributed by atoms with Gasteiger partial charge in [-0.15, -0.1) is 0 Å². The average molecular weight is 282 g/mol. The van der Waals surface area contributed by atoms with Crippen molar-refractivity contribution in [2.75, 3.05) is 25.1 Å². The largest absolute Gasteiger partial charge is 0.395 e. The molecule has 0 bridgehead atoms. The monoisotopic (exact) mass is 282 g/mol. The molecular weight excluding hydrogens is 264 g/mol. The highest BCUT2D eigenvalue weighted by atomic mass is 16.6. The van der Waals surface area contributed by atoms with E-state index in [1.807, 2.05) is 6.92 Å². The number of benzene rings is 1. The lowest BCUT2D eigenvalue weighted by atomic mass is 10.1. The molecule has 20 heavy (non-hydrogen) atoms. The molecule has 0 radical (unpaired) electrons. The number of carbonyl (C=O) groups excluding carboxylic acids is 1. The van der Waals surface area contributed by atoms with Crippen LogP contribution in [0.2, 0.25) is 0 Å². The number of anilines is 1. The molecule has 1 aromatic rings. The number of nitrogens with one attached hydrogen (secondary N) is 1. The zero-order valence-corrected chi connectivity index (χ0v) is 11.2. The third-order valence-corrected chi connectivity index (χ3v) is 2.76. The number of nitro groups is 1. The van der Waals surface area contributed by atoms with Crippen molar-refractivity contribution in [3.63, 3.8) is 0 Å². The second-order valence-corrected chi connectivity index (χ2v) is 4.12. The van der Waals surface area contributed by atoms with Crippen LogP contribution in [0.1, 0.15) is 23.7 Å². The van der Waals surface area contributed by atoms with Crippen molar-refractivity contribution in [1.82, 2.24) is 4.90 Å². The second kappa shape index (κ2) is 7.41. The number of nitro benzene ring substituents is 1. The van der Waals surface area contributed by atoms with Crippen molar-refractivity contribution in [3.05, 3.63) is 33.9 Å². The number of nitrogens with zero attached hydrogens (tertiary/aromatic N) is 2. The molecule has 1 amide bonds. The highest BCUT2D eigenvalue weighted by Crippen LogP contribution is 2.28. The van der Waals surface area contributed by atoms with Gasteiger partial charge in [0.05, 0.1) is 17.1 Å². The van der Waals surface area contributed by atoms with Gasteiger partial charge in [-0.1, -0.05) is 13.0 Å². The highest BCUT2D eigenvalue weighted by Gasteiger charge is 2.24. The molecule has 1 aromatic carbocycles. The summed E-state index contributed by atoms with van der Waals surface area (Å²) in [4.78, 5) is 24.1. The minimum atomic E-state index is -0.609. The van der Waals surface area contributed by atoms with Crippen LogP contribution in [0.3, 0.4) is 0 Å². The van der Waals surface area contributed by atoms with Crippen molar-refractivity contribution in [2.24, 2.45) is 5.84 Å². The molecular formula is C12H18N4O4. The molecule has 0 spiro atoms. The Morgan fingerprint density at radius 1 is 1.50 bits per heavy atom. The van der Waals surface area contributed by atoms with Crippen LogP contribution in [0.15, 0.2) is 18.2 Å². The molecule has 4 N–H and O–H groups in total. The van der Waals surface area contributed by atoms with E-state index in [2.05, 4.69) is 5.43 Å². The Morgan fingerprint density at radius 3 is 2.70 bits per heavy atom. The molecule has 0 aromatic heterocycles. The van der Waals surface area contributed by atoms with E-state index in [1.165, 1.54) is 23.1 Å². The minimum Gasteiger partial charge on any atom is -0.395 e. The molecule has 0 fully saturated rings. The number of aliphatic hydroxyl groups is 1. The van der Waals surface area contributed by atoms with Gasteiger partial charge in [0.25, 0.3) is 11.6 Å². The van der Waals surface area contributed by atoms with Gasteiger partial charge in [0.2, 0.25) is 0 Å². The molecule has 8 nitrogen and oxygen atoms in total. The normalized spacial score (nSPS) is 10.2. The summed E-state index contributed by atoms with van der Waals surface area (Å²) in [6, 6.07) is 4.15. The summed E-state index contributed by atoms with van der Waals surface area (Å²) in [5.74, 6) is 4.90. The van der Waals surface area contributed by atoms with Crippen LogP contribution >= 0.6 is 0 Å². The van der Waals surface area contributed by atoms with Crippen molar-refractivity contribution >= 4 is 17.3 Å². The summed E-state index contributed by atoms with van der Waals surface area (Å²) in [5.41, 5.74) is 2.04. The minimum absolute atomic E-state index is 0.0263. The van der Waals surface area contributed by atoms with Gasteiger partial charge < -0.3 is 15.4 Å². The lowest BCUT2D eigenvalue weighted by Gasteiger charge is -2.22. The van der Waals surface area contributed by atoms with Gasteiger partial charge in [-0.05, 0) is 12.5 Å². The van der Waals surface area contributed by atoms with E-state index >= 15 is 0 Å². The summed E-state index contributed by atoms with van der Waals surface area (Å²) < 4.78 is 0. The van der Waals surface area contributed by atoms with Gasteiger partial charge in [-0.3, -0.25) is 20.8 Å². The lowest BCUT2D eigenvalue weighted by molar-refractivity contribution is -0.384. The maximum atomic E-state index is 12.4. The molecule has 1 rings (SSSR count).